The van der Waals surface area contributed by atoms with E-state index in [0.717, 1.165) is 0 Å². The van der Waals surface area contributed by atoms with Gasteiger partial charge in [-0.05, 0) is 33.7 Å². The fourth-order valence-electron chi connectivity index (χ4n) is 1.88. The number of hydrogen-bond donors (Lipinski definition) is 2. The van der Waals surface area contributed by atoms with E-state index in [-0.39, 0.29) is 12.9 Å². The van der Waals surface area contributed by atoms with Gasteiger partial charge in [-0.15, -0.1) is 0 Å². The minimum Gasteiger partial charge on any atom is -0.483 e. The fraction of sp³-hybridized carbons (Fsp3) is 0. The molecule has 20 heavy (non-hydrogen) atoms. The second-order valence-corrected chi connectivity index (χ2v) is 3.76. The van der Waals surface area contributed by atoms with Crippen LogP contribution in [0.4, 0.5) is 0 Å². The molecule has 0 aliphatic rings. The SMILES string of the molecule is O=CO.O=CO.c1ccc2cc3ccccc3cc2c1. The highest BCUT2D eigenvalue weighted by Crippen LogP contribution is 2.21. The molecule has 0 saturated heterocycles. The molecule has 0 radical (unpaired) electrons. The van der Waals surface area contributed by atoms with Gasteiger partial charge < -0.3 is 10.2 Å². The van der Waals surface area contributed by atoms with Gasteiger partial charge >= 0.3 is 0 Å². The van der Waals surface area contributed by atoms with E-state index in [1.807, 2.05) is 0 Å². The molecule has 0 unspecified atom stereocenters. The first kappa shape index (κ1) is 15.2. The second kappa shape index (κ2) is 8.26. The largest absolute Gasteiger partial charge is 0.483 e. The maximum atomic E-state index is 8.36. The van der Waals surface area contributed by atoms with Gasteiger partial charge in [0.1, 0.15) is 0 Å². The summed E-state index contributed by atoms with van der Waals surface area (Å²) in [5, 5.41) is 19.0. The minimum atomic E-state index is -0.250. The molecule has 0 saturated carbocycles. The van der Waals surface area contributed by atoms with Gasteiger partial charge in [-0.2, -0.15) is 0 Å². The summed E-state index contributed by atoms with van der Waals surface area (Å²) in [7, 11) is 0. The van der Waals surface area contributed by atoms with E-state index in [4.69, 9.17) is 19.8 Å². The molecule has 3 rings (SSSR count). The van der Waals surface area contributed by atoms with Crippen molar-refractivity contribution in [2.45, 2.75) is 0 Å². The van der Waals surface area contributed by atoms with Crippen molar-refractivity contribution in [3.63, 3.8) is 0 Å². The zero-order valence-electron chi connectivity index (χ0n) is 10.6. The molecule has 4 nitrogen and oxygen atoms in total. The number of rotatable bonds is 0. The van der Waals surface area contributed by atoms with Gasteiger partial charge in [-0.25, -0.2) is 0 Å². The molecule has 0 aromatic heterocycles. The van der Waals surface area contributed by atoms with Crippen LogP contribution < -0.4 is 0 Å². The fourth-order valence-corrected chi connectivity index (χ4v) is 1.88. The Labute approximate surface area is 115 Å². The predicted octanol–water partition coefficient (Wildman–Crippen LogP) is 3.39. The smallest absolute Gasteiger partial charge is 0.290 e. The molecule has 0 heterocycles. The molecule has 3 aromatic carbocycles. The molecule has 0 amide bonds. The average Bonchev–Trinajstić information content (AvgIpc) is 2.47. The van der Waals surface area contributed by atoms with E-state index >= 15 is 0 Å². The molecule has 3 aromatic rings. The summed E-state index contributed by atoms with van der Waals surface area (Å²) in [6.07, 6.45) is 0. The van der Waals surface area contributed by atoms with Crippen molar-refractivity contribution in [2.75, 3.05) is 0 Å². The van der Waals surface area contributed by atoms with Crippen LogP contribution in [0.1, 0.15) is 0 Å². The Morgan fingerprint density at radius 3 is 1.00 bits per heavy atom. The third-order valence-electron chi connectivity index (χ3n) is 2.61. The molecule has 4 heteroatoms. The molecular weight excluding hydrogens is 256 g/mol. The maximum Gasteiger partial charge on any atom is 0.290 e. The summed E-state index contributed by atoms with van der Waals surface area (Å²) in [6, 6.07) is 21.4. The Morgan fingerprint density at radius 1 is 0.600 bits per heavy atom. The van der Waals surface area contributed by atoms with E-state index in [2.05, 4.69) is 60.7 Å². The molecule has 102 valence electrons. The van der Waals surface area contributed by atoms with Crippen LogP contribution in [0, 0.1) is 0 Å². The van der Waals surface area contributed by atoms with Crippen molar-refractivity contribution in [2.24, 2.45) is 0 Å². The van der Waals surface area contributed by atoms with Crippen molar-refractivity contribution in [3.05, 3.63) is 60.7 Å². The highest BCUT2D eigenvalue weighted by molar-refractivity contribution is 5.98. The van der Waals surface area contributed by atoms with E-state index in [0.29, 0.717) is 0 Å². The molecule has 0 fully saturated rings. The van der Waals surface area contributed by atoms with Crippen LogP contribution in [-0.4, -0.2) is 23.2 Å². The Kier molecular flexibility index (Phi) is 6.27. The van der Waals surface area contributed by atoms with Gasteiger partial charge in [0, 0.05) is 0 Å². The van der Waals surface area contributed by atoms with Crippen LogP contribution in [0.2, 0.25) is 0 Å². The molecule has 0 atom stereocenters. The van der Waals surface area contributed by atoms with Gasteiger partial charge in [0.15, 0.2) is 0 Å². The molecule has 0 bridgehead atoms. The summed E-state index contributed by atoms with van der Waals surface area (Å²) >= 11 is 0. The number of carbonyl (C=O) groups is 2. The Hall–Kier alpha value is -2.88. The van der Waals surface area contributed by atoms with E-state index in [1.165, 1.54) is 21.5 Å². The number of benzene rings is 3. The Balaban J connectivity index is 0.000000290. The summed E-state index contributed by atoms with van der Waals surface area (Å²) in [4.78, 5) is 16.7. The van der Waals surface area contributed by atoms with Crippen LogP contribution in [-0.2, 0) is 9.59 Å². The molecule has 0 aliphatic heterocycles. The lowest BCUT2D eigenvalue weighted by Crippen LogP contribution is -1.74. The number of carboxylic acid groups (broad SMARTS) is 2. The first-order valence-corrected chi connectivity index (χ1v) is 5.80. The average molecular weight is 270 g/mol. The highest BCUT2D eigenvalue weighted by atomic mass is 16.3. The van der Waals surface area contributed by atoms with Gasteiger partial charge in [-0.3, -0.25) is 9.59 Å². The molecule has 0 spiro atoms. The third-order valence-corrected chi connectivity index (χ3v) is 2.61. The van der Waals surface area contributed by atoms with Gasteiger partial charge in [0.25, 0.3) is 12.9 Å². The summed E-state index contributed by atoms with van der Waals surface area (Å²) in [6.45, 7) is -0.500. The standard InChI is InChI=1S/C14H10.2CH2O2/c1-2-6-12-10-14-8-4-3-7-13(14)9-11(12)5-1;2*2-1-3/h1-10H;2*1H,(H,2,3). The summed E-state index contributed by atoms with van der Waals surface area (Å²) in [5.74, 6) is 0. The van der Waals surface area contributed by atoms with Crippen molar-refractivity contribution in [1.29, 1.82) is 0 Å². The van der Waals surface area contributed by atoms with Gasteiger partial charge in [0.2, 0.25) is 0 Å². The van der Waals surface area contributed by atoms with Crippen molar-refractivity contribution < 1.29 is 19.8 Å². The van der Waals surface area contributed by atoms with Crippen LogP contribution in [0.15, 0.2) is 60.7 Å². The summed E-state index contributed by atoms with van der Waals surface area (Å²) in [5.41, 5.74) is 0. The van der Waals surface area contributed by atoms with Gasteiger partial charge in [0.05, 0.1) is 0 Å². The van der Waals surface area contributed by atoms with E-state index in [1.54, 1.807) is 0 Å². The topological polar surface area (TPSA) is 74.6 Å². The first-order chi connectivity index (χ1) is 9.76. The lowest BCUT2D eigenvalue weighted by atomic mass is 10.0. The van der Waals surface area contributed by atoms with Crippen LogP contribution in [0.5, 0.6) is 0 Å². The molecular formula is C16H14O4. The molecule has 0 aliphatic carbocycles. The normalized spacial score (nSPS) is 8.80. The lowest BCUT2D eigenvalue weighted by molar-refractivity contribution is -0.123. The highest BCUT2D eigenvalue weighted by Gasteiger charge is 1.95. The van der Waals surface area contributed by atoms with Crippen molar-refractivity contribution >= 4 is 34.5 Å². The number of fused-ring (bicyclic) bond motifs is 2. The van der Waals surface area contributed by atoms with E-state index in [9.17, 15) is 0 Å². The minimum absolute atomic E-state index is 0.250. The predicted molar refractivity (Wildman–Crippen MR) is 78.8 cm³/mol. The zero-order chi connectivity index (χ0) is 14.8. The second-order valence-electron chi connectivity index (χ2n) is 3.76. The monoisotopic (exact) mass is 270 g/mol. The van der Waals surface area contributed by atoms with Crippen molar-refractivity contribution in [1.82, 2.24) is 0 Å². The summed E-state index contributed by atoms with van der Waals surface area (Å²) < 4.78 is 0. The lowest BCUT2D eigenvalue weighted by Gasteiger charge is -2.00. The van der Waals surface area contributed by atoms with Crippen molar-refractivity contribution in [3.8, 4) is 0 Å². The van der Waals surface area contributed by atoms with Crippen LogP contribution >= 0.6 is 0 Å². The van der Waals surface area contributed by atoms with Gasteiger partial charge in [-0.1, -0.05) is 48.5 Å². The quantitative estimate of drug-likeness (QED) is 0.485. The van der Waals surface area contributed by atoms with Crippen LogP contribution in [0.25, 0.3) is 21.5 Å². The Morgan fingerprint density at radius 2 is 0.800 bits per heavy atom. The first-order valence-electron chi connectivity index (χ1n) is 5.80. The zero-order valence-corrected chi connectivity index (χ0v) is 10.6. The van der Waals surface area contributed by atoms with E-state index < -0.39 is 0 Å². The maximum absolute atomic E-state index is 8.36. The van der Waals surface area contributed by atoms with Crippen LogP contribution in [0.3, 0.4) is 0 Å². The third kappa shape index (κ3) is 4.10. The molecule has 2 N–H and O–H groups in total. The Bertz CT molecular complexity index is 581. The number of hydrogen-bond acceptors (Lipinski definition) is 2.